The summed E-state index contributed by atoms with van der Waals surface area (Å²) in [6, 6.07) is 6.98. The van der Waals surface area contributed by atoms with Gasteiger partial charge in [0.1, 0.15) is 5.54 Å². The topological polar surface area (TPSA) is 38.9 Å². The van der Waals surface area contributed by atoms with E-state index in [4.69, 9.17) is 5.73 Å². The molecule has 0 bridgehead atoms. The Labute approximate surface area is 91.1 Å². The molecule has 0 radical (unpaired) electrons. The lowest BCUT2D eigenvalue weighted by molar-refractivity contribution is 0.0894. The molecule has 1 aromatic heterocycles. The molecule has 1 saturated carbocycles. The molecule has 1 aliphatic carbocycles. The molecule has 16 heavy (non-hydrogen) atoms. The largest absolute Gasteiger partial charge is 0.316 e. The van der Waals surface area contributed by atoms with Crippen molar-refractivity contribution < 1.29 is 8.78 Å². The molecule has 82 valence electrons. The minimum absolute atomic E-state index is 0.276. The fraction of sp³-hybridized carbons (Fsp3) is 0.250. The number of nitrogens with two attached hydrogens (primary N) is 1. The first-order valence-electron chi connectivity index (χ1n) is 5.04. The molecule has 0 aliphatic heterocycles. The predicted octanol–water partition coefficient (Wildman–Crippen LogP) is 2.43. The molecule has 2 aromatic rings. The normalized spacial score (nSPS) is 26.9. The van der Waals surface area contributed by atoms with E-state index in [1.807, 2.05) is 6.07 Å². The summed E-state index contributed by atoms with van der Waals surface area (Å²) < 4.78 is 26.5. The van der Waals surface area contributed by atoms with Gasteiger partial charge in [-0.15, -0.1) is 0 Å². The Morgan fingerprint density at radius 2 is 2.00 bits per heavy atom. The van der Waals surface area contributed by atoms with Crippen molar-refractivity contribution in [3.05, 3.63) is 42.2 Å². The smallest absolute Gasteiger partial charge is 0.272 e. The lowest BCUT2D eigenvalue weighted by atomic mass is 9.98. The van der Waals surface area contributed by atoms with Crippen LogP contribution in [0.2, 0.25) is 0 Å². The number of halogens is 2. The zero-order chi connectivity index (χ0) is 11.4. The van der Waals surface area contributed by atoms with Crippen LogP contribution in [0.4, 0.5) is 8.78 Å². The standard InChI is InChI=1S/C12H10F2N2/c13-12(14)7-11(12,15)10-3-1-2-8-6-16-5-4-9(8)10/h1-6H,7,15H2. The lowest BCUT2D eigenvalue weighted by Gasteiger charge is -2.13. The van der Waals surface area contributed by atoms with E-state index in [1.54, 1.807) is 30.6 Å². The van der Waals surface area contributed by atoms with Crippen molar-refractivity contribution >= 4 is 10.8 Å². The van der Waals surface area contributed by atoms with E-state index in [9.17, 15) is 8.78 Å². The number of aromatic nitrogens is 1. The van der Waals surface area contributed by atoms with Crippen LogP contribution in [0.3, 0.4) is 0 Å². The maximum atomic E-state index is 13.3. The summed E-state index contributed by atoms with van der Waals surface area (Å²) in [6.07, 6.45) is 2.97. The van der Waals surface area contributed by atoms with E-state index >= 15 is 0 Å². The van der Waals surface area contributed by atoms with Crippen LogP contribution in [0.15, 0.2) is 36.7 Å². The van der Waals surface area contributed by atoms with Gasteiger partial charge in [0.25, 0.3) is 5.92 Å². The molecule has 3 rings (SSSR count). The zero-order valence-corrected chi connectivity index (χ0v) is 8.45. The van der Waals surface area contributed by atoms with Gasteiger partial charge in [-0.1, -0.05) is 18.2 Å². The summed E-state index contributed by atoms with van der Waals surface area (Å²) in [7, 11) is 0. The molecule has 2 N–H and O–H groups in total. The van der Waals surface area contributed by atoms with Gasteiger partial charge in [0.05, 0.1) is 0 Å². The number of alkyl halides is 2. The molecule has 1 atom stereocenters. The lowest BCUT2D eigenvalue weighted by Crippen LogP contribution is -2.27. The third kappa shape index (κ3) is 1.10. The second-order valence-electron chi connectivity index (χ2n) is 4.25. The SMILES string of the molecule is NC1(c2cccc3cnccc23)CC1(F)F. The highest BCUT2D eigenvalue weighted by molar-refractivity contribution is 5.86. The molecule has 0 saturated heterocycles. The molecular weight excluding hydrogens is 210 g/mol. The Morgan fingerprint density at radius 1 is 1.25 bits per heavy atom. The van der Waals surface area contributed by atoms with E-state index < -0.39 is 11.5 Å². The molecule has 0 spiro atoms. The van der Waals surface area contributed by atoms with E-state index in [0.29, 0.717) is 5.56 Å². The number of rotatable bonds is 1. The van der Waals surface area contributed by atoms with Gasteiger partial charge in [0.2, 0.25) is 0 Å². The van der Waals surface area contributed by atoms with Gasteiger partial charge in [-0.3, -0.25) is 4.98 Å². The van der Waals surface area contributed by atoms with Crippen LogP contribution in [-0.4, -0.2) is 10.9 Å². The van der Waals surface area contributed by atoms with Crippen molar-refractivity contribution in [2.24, 2.45) is 5.73 Å². The van der Waals surface area contributed by atoms with Crippen LogP contribution < -0.4 is 5.73 Å². The highest BCUT2D eigenvalue weighted by Gasteiger charge is 2.70. The van der Waals surface area contributed by atoms with Crippen molar-refractivity contribution in [1.82, 2.24) is 4.98 Å². The van der Waals surface area contributed by atoms with Crippen LogP contribution in [0, 0.1) is 0 Å². The maximum Gasteiger partial charge on any atom is 0.272 e. The molecule has 1 unspecified atom stereocenters. The van der Waals surface area contributed by atoms with Crippen molar-refractivity contribution in [3.63, 3.8) is 0 Å². The summed E-state index contributed by atoms with van der Waals surface area (Å²) >= 11 is 0. The van der Waals surface area contributed by atoms with Gasteiger partial charge >= 0.3 is 0 Å². The molecule has 1 heterocycles. The van der Waals surface area contributed by atoms with Crippen LogP contribution in [0.1, 0.15) is 12.0 Å². The van der Waals surface area contributed by atoms with E-state index in [1.165, 1.54) is 0 Å². The molecule has 0 amide bonds. The number of nitrogens with zero attached hydrogens (tertiary/aromatic N) is 1. The Hall–Kier alpha value is -1.55. The second-order valence-corrected chi connectivity index (χ2v) is 4.25. The fourth-order valence-corrected chi connectivity index (χ4v) is 2.11. The third-order valence-electron chi connectivity index (χ3n) is 3.19. The Balaban J connectivity index is 2.26. The Bertz CT molecular complexity index is 562. The Morgan fingerprint density at radius 3 is 2.69 bits per heavy atom. The molecular formula is C12H10F2N2. The Kier molecular flexibility index (Phi) is 1.67. The minimum atomic E-state index is -2.79. The molecule has 2 nitrogen and oxygen atoms in total. The summed E-state index contributed by atoms with van der Waals surface area (Å²) in [4.78, 5) is 3.96. The van der Waals surface area contributed by atoms with Crippen molar-refractivity contribution in [3.8, 4) is 0 Å². The third-order valence-corrected chi connectivity index (χ3v) is 3.19. The van der Waals surface area contributed by atoms with Gasteiger partial charge in [-0.2, -0.15) is 0 Å². The van der Waals surface area contributed by atoms with Crippen molar-refractivity contribution in [2.75, 3.05) is 0 Å². The van der Waals surface area contributed by atoms with Gasteiger partial charge in [-0.25, -0.2) is 8.78 Å². The first-order valence-corrected chi connectivity index (χ1v) is 5.04. The first kappa shape index (κ1) is 9.66. The van der Waals surface area contributed by atoms with Crippen LogP contribution in [0.5, 0.6) is 0 Å². The van der Waals surface area contributed by atoms with E-state index in [-0.39, 0.29) is 6.42 Å². The van der Waals surface area contributed by atoms with Gasteiger partial charge in [-0.05, 0) is 17.0 Å². The quantitative estimate of drug-likeness (QED) is 0.801. The van der Waals surface area contributed by atoms with Crippen LogP contribution in [-0.2, 0) is 5.54 Å². The van der Waals surface area contributed by atoms with Crippen molar-refractivity contribution in [1.29, 1.82) is 0 Å². The number of hydrogen-bond donors (Lipinski definition) is 1. The number of benzene rings is 1. The van der Waals surface area contributed by atoms with Crippen molar-refractivity contribution in [2.45, 2.75) is 17.9 Å². The molecule has 1 aromatic carbocycles. The number of hydrogen-bond acceptors (Lipinski definition) is 2. The van der Waals surface area contributed by atoms with Gasteiger partial charge in [0, 0.05) is 24.2 Å². The highest BCUT2D eigenvalue weighted by atomic mass is 19.3. The monoisotopic (exact) mass is 220 g/mol. The molecule has 4 heteroatoms. The molecule has 1 fully saturated rings. The maximum absolute atomic E-state index is 13.3. The summed E-state index contributed by atoms with van der Waals surface area (Å²) in [5.41, 5.74) is 4.76. The second kappa shape index (κ2) is 2.77. The highest BCUT2D eigenvalue weighted by Crippen LogP contribution is 2.58. The summed E-state index contributed by atoms with van der Waals surface area (Å²) in [6.45, 7) is 0. The predicted molar refractivity (Wildman–Crippen MR) is 57.2 cm³/mol. The summed E-state index contributed by atoms with van der Waals surface area (Å²) in [5.74, 6) is -2.79. The van der Waals surface area contributed by atoms with Crippen LogP contribution in [0.25, 0.3) is 10.8 Å². The van der Waals surface area contributed by atoms with E-state index in [0.717, 1.165) is 10.8 Å². The van der Waals surface area contributed by atoms with Gasteiger partial charge in [0.15, 0.2) is 0 Å². The van der Waals surface area contributed by atoms with Gasteiger partial charge < -0.3 is 5.73 Å². The van der Waals surface area contributed by atoms with Crippen LogP contribution >= 0.6 is 0 Å². The molecule has 1 aliphatic rings. The summed E-state index contributed by atoms with van der Waals surface area (Å²) in [5, 5.41) is 1.60. The average molecular weight is 220 g/mol. The fourth-order valence-electron chi connectivity index (χ4n) is 2.11. The zero-order valence-electron chi connectivity index (χ0n) is 8.45. The minimum Gasteiger partial charge on any atom is -0.316 e. The average Bonchev–Trinajstić information content (AvgIpc) is 2.78. The first-order chi connectivity index (χ1) is 7.55. The number of pyridine rings is 1. The number of fused-ring (bicyclic) bond motifs is 1. The van der Waals surface area contributed by atoms with E-state index in [2.05, 4.69) is 4.98 Å².